The molecule has 0 radical (unpaired) electrons. The van der Waals surface area contributed by atoms with Crippen LogP contribution in [0.25, 0.3) is 0 Å². The van der Waals surface area contributed by atoms with Crippen molar-refractivity contribution >= 4 is 49.1 Å². The molecule has 2 aromatic carbocycles. The zero-order chi connectivity index (χ0) is 14.0. The summed E-state index contributed by atoms with van der Waals surface area (Å²) in [6.45, 7) is 0. The largest absolute Gasteiger partial charge is 0.507 e. The number of halogens is 2. The lowest BCUT2D eigenvalue weighted by Crippen LogP contribution is -2.11. The highest BCUT2D eigenvalue weighted by molar-refractivity contribution is 9.11. The van der Waals surface area contributed by atoms with Gasteiger partial charge in [0.25, 0.3) is 5.91 Å². The van der Waals surface area contributed by atoms with Gasteiger partial charge in [-0.2, -0.15) is 0 Å². The van der Waals surface area contributed by atoms with Crippen LogP contribution in [-0.4, -0.2) is 11.0 Å². The van der Waals surface area contributed by atoms with Gasteiger partial charge in [-0.05, 0) is 68.3 Å². The predicted octanol–water partition coefficient (Wildman–Crippen LogP) is 3.75. The van der Waals surface area contributed by atoms with Gasteiger partial charge in [0.05, 0.1) is 4.47 Å². The number of rotatable bonds is 2. The van der Waals surface area contributed by atoms with E-state index in [1.54, 1.807) is 30.3 Å². The SMILES string of the molecule is Nc1ccc(NC(=O)c2ccc(Br)c(O)c2)cc1Br. The Morgan fingerprint density at radius 1 is 1.11 bits per heavy atom. The molecule has 19 heavy (non-hydrogen) atoms. The molecule has 2 rings (SSSR count). The molecule has 0 spiro atoms. The molecule has 0 aliphatic carbocycles. The van der Waals surface area contributed by atoms with E-state index in [-0.39, 0.29) is 11.7 Å². The van der Waals surface area contributed by atoms with Crippen LogP contribution in [0, 0.1) is 0 Å². The molecule has 0 saturated carbocycles. The van der Waals surface area contributed by atoms with E-state index in [1.807, 2.05) is 0 Å². The van der Waals surface area contributed by atoms with Crippen LogP contribution in [0.1, 0.15) is 10.4 Å². The van der Waals surface area contributed by atoms with Crippen molar-refractivity contribution in [1.29, 1.82) is 0 Å². The van der Waals surface area contributed by atoms with Crippen molar-refractivity contribution in [1.82, 2.24) is 0 Å². The highest BCUT2D eigenvalue weighted by Crippen LogP contribution is 2.26. The van der Waals surface area contributed by atoms with Gasteiger partial charge in [0.1, 0.15) is 5.75 Å². The Morgan fingerprint density at radius 2 is 1.84 bits per heavy atom. The van der Waals surface area contributed by atoms with Crippen LogP contribution in [0.2, 0.25) is 0 Å². The monoisotopic (exact) mass is 384 g/mol. The summed E-state index contributed by atoms with van der Waals surface area (Å²) in [7, 11) is 0. The maximum absolute atomic E-state index is 12.0. The van der Waals surface area contributed by atoms with Gasteiger partial charge in [-0.3, -0.25) is 4.79 Å². The first-order valence-corrected chi connectivity index (χ1v) is 6.91. The molecule has 0 unspecified atom stereocenters. The van der Waals surface area contributed by atoms with Crippen molar-refractivity contribution in [3.05, 3.63) is 50.9 Å². The smallest absolute Gasteiger partial charge is 0.255 e. The topological polar surface area (TPSA) is 75.3 Å². The number of anilines is 2. The predicted molar refractivity (Wildman–Crippen MR) is 82.3 cm³/mol. The summed E-state index contributed by atoms with van der Waals surface area (Å²) in [4.78, 5) is 12.0. The van der Waals surface area contributed by atoms with E-state index >= 15 is 0 Å². The number of nitrogen functional groups attached to an aromatic ring is 1. The summed E-state index contributed by atoms with van der Waals surface area (Å²) in [6.07, 6.45) is 0. The van der Waals surface area contributed by atoms with Gasteiger partial charge in [0, 0.05) is 21.4 Å². The third-order valence-corrected chi connectivity index (χ3v) is 3.82. The molecule has 1 amide bonds. The number of nitrogens with two attached hydrogens (primary N) is 1. The Bertz CT molecular complexity index is 645. The molecule has 0 aliphatic heterocycles. The average molecular weight is 386 g/mol. The molecule has 4 nitrogen and oxygen atoms in total. The summed E-state index contributed by atoms with van der Waals surface area (Å²) in [5.74, 6) is -0.286. The van der Waals surface area contributed by atoms with Crippen LogP contribution >= 0.6 is 31.9 Å². The second-order valence-electron chi connectivity index (χ2n) is 3.86. The number of hydrogen-bond acceptors (Lipinski definition) is 3. The van der Waals surface area contributed by atoms with E-state index in [2.05, 4.69) is 37.2 Å². The molecular weight excluding hydrogens is 376 g/mol. The number of carbonyl (C=O) groups is 1. The highest BCUT2D eigenvalue weighted by atomic mass is 79.9. The van der Waals surface area contributed by atoms with Gasteiger partial charge in [0.2, 0.25) is 0 Å². The third-order valence-electron chi connectivity index (χ3n) is 2.47. The second-order valence-corrected chi connectivity index (χ2v) is 5.57. The highest BCUT2D eigenvalue weighted by Gasteiger charge is 2.09. The van der Waals surface area contributed by atoms with Crippen LogP contribution in [0.3, 0.4) is 0 Å². The first-order valence-electron chi connectivity index (χ1n) is 5.32. The van der Waals surface area contributed by atoms with Crippen LogP contribution in [0.15, 0.2) is 45.3 Å². The van der Waals surface area contributed by atoms with Gasteiger partial charge in [0.15, 0.2) is 0 Å². The zero-order valence-electron chi connectivity index (χ0n) is 9.65. The molecule has 0 saturated heterocycles. The summed E-state index contributed by atoms with van der Waals surface area (Å²) in [6, 6.07) is 9.74. The van der Waals surface area contributed by atoms with Crippen molar-refractivity contribution in [2.75, 3.05) is 11.1 Å². The molecule has 0 aliphatic rings. The van der Waals surface area contributed by atoms with Crippen molar-refractivity contribution in [3.63, 3.8) is 0 Å². The number of phenols is 1. The van der Waals surface area contributed by atoms with Crippen molar-refractivity contribution in [3.8, 4) is 5.75 Å². The van der Waals surface area contributed by atoms with E-state index in [9.17, 15) is 9.90 Å². The van der Waals surface area contributed by atoms with Crippen LogP contribution in [0.4, 0.5) is 11.4 Å². The molecule has 4 N–H and O–H groups in total. The Balaban J connectivity index is 2.20. The zero-order valence-corrected chi connectivity index (χ0v) is 12.8. The first kappa shape index (κ1) is 13.9. The number of nitrogens with one attached hydrogen (secondary N) is 1. The molecule has 6 heteroatoms. The van der Waals surface area contributed by atoms with Gasteiger partial charge in [-0.1, -0.05) is 0 Å². The van der Waals surface area contributed by atoms with E-state index in [4.69, 9.17) is 5.73 Å². The van der Waals surface area contributed by atoms with E-state index in [0.29, 0.717) is 25.9 Å². The van der Waals surface area contributed by atoms with Crippen LogP contribution in [-0.2, 0) is 0 Å². The number of carbonyl (C=O) groups excluding carboxylic acids is 1. The third kappa shape index (κ3) is 3.27. The van der Waals surface area contributed by atoms with Crippen molar-refractivity contribution < 1.29 is 9.90 Å². The lowest BCUT2D eigenvalue weighted by Gasteiger charge is -2.07. The van der Waals surface area contributed by atoms with Gasteiger partial charge < -0.3 is 16.2 Å². The molecule has 98 valence electrons. The fourth-order valence-corrected chi connectivity index (χ4v) is 2.09. The summed E-state index contributed by atoms with van der Waals surface area (Å²) < 4.78 is 1.25. The molecular formula is C13H10Br2N2O2. The summed E-state index contributed by atoms with van der Waals surface area (Å²) in [5.41, 5.74) is 7.25. The summed E-state index contributed by atoms with van der Waals surface area (Å²) in [5, 5.41) is 12.3. The van der Waals surface area contributed by atoms with Gasteiger partial charge in [-0.25, -0.2) is 0 Å². The fourth-order valence-electron chi connectivity index (χ4n) is 1.46. The van der Waals surface area contributed by atoms with E-state index in [1.165, 1.54) is 6.07 Å². The summed E-state index contributed by atoms with van der Waals surface area (Å²) >= 11 is 6.45. The minimum Gasteiger partial charge on any atom is -0.507 e. The standard InChI is InChI=1S/C13H10Br2N2O2/c14-9-3-1-7(5-12(9)18)13(19)17-8-2-4-11(16)10(15)6-8/h1-6,18H,16H2,(H,17,19). The first-order chi connectivity index (χ1) is 8.97. The quantitative estimate of drug-likeness (QED) is 0.689. The lowest BCUT2D eigenvalue weighted by molar-refractivity contribution is 0.102. The fraction of sp³-hybridized carbons (Fsp3) is 0. The molecule has 0 bridgehead atoms. The lowest BCUT2D eigenvalue weighted by atomic mass is 10.2. The van der Waals surface area contributed by atoms with Gasteiger partial charge >= 0.3 is 0 Å². The van der Waals surface area contributed by atoms with E-state index in [0.717, 1.165) is 0 Å². The molecule has 0 atom stereocenters. The maximum atomic E-state index is 12.0. The Morgan fingerprint density at radius 3 is 2.47 bits per heavy atom. The Hall–Kier alpha value is -1.53. The molecule has 2 aromatic rings. The normalized spacial score (nSPS) is 10.2. The Labute approximate surface area is 126 Å². The number of aromatic hydroxyl groups is 1. The van der Waals surface area contributed by atoms with E-state index < -0.39 is 0 Å². The number of phenolic OH excluding ortho intramolecular Hbond substituents is 1. The Kier molecular flexibility index (Phi) is 4.11. The minimum absolute atomic E-state index is 0.0196. The minimum atomic E-state index is -0.306. The molecule has 0 heterocycles. The number of amides is 1. The molecule has 0 aromatic heterocycles. The van der Waals surface area contributed by atoms with Crippen molar-refractivity contribution in [2.24, 2.45) is 0 Å². The molecule has 0 fully saturated rings. The maximum Gasteiger partial charge on any atom is 0.255 e. The second kappa shape index (κ2) is 5.63. The van der Waals surface area contributed by atoms with Crippen LogP contribution < -0.4 is 11.1 Å². The average Bonchev–Trinajstić information content (AvgIpc) is 2.37. The number of benzene rings is 2. The van der Waals surface area contributed by atoms with Crippen molar-refractivity contribution in [2.45, 2.75) is 0 Å². The number of hydrogen-bond donors (Lipinski definition) is 3. The van der Waals surface area contributed by atoms with Gasteiger partial charge in [-0.15, -0.1) is 0 Å². The van der Waals surface area contributed by atoms with Crippen LogP contribution in [0.5, 0.6) is 5.75 Å².